The molecular weight excluding hydrogens is 426 g/mol. The van der Waals surface area contributed by atoms with Gasteiger partial charge in [-0.25, -0.2) is 4.98 Å². The molecule has 34 heavy (non-hydrogen) atoms. The number of nitrogens with zero attached hydrogens (tertiary/aromatic N) is 4. The van der Waals surface area contributed by atoms with Gasteiger partial charge in [0.1, 0.15) is 11.5 Å². The van der Waals surface area contributed by atoms with Crippen LogP contribution in [0.1, 0.15) is 74.9 Å². The van der Waals surface area contributed by atoms with E-state index in [4.69, 9.17) is 0 Å². The van der Waals surface area contributed by atoms with Crippen molar-refractivity contribution < 1.29 is 9.59 Å². The molecule has 0 spiro atoms. The van der Waals surface area contributed by atoms with Gasteiger partial charge in [-0.2, -0.15) is 0 Å². The monoisotopic (exact) mass is 465 g/mol. The number of benzene rings is 1. The number of nitrogens with one attached hydrogen (secondary N) is 1. The number of hydrogen-bond donors (Lipinski definition) is 1. The maximum absolute atomic E-state index is 13.1. The zero-order chi connectivity index (χ0) is 24.5. The number of likely N-dealkylation sites (tertiary alicyclic amines) is 1. The number of carbonyl (C=O) groups is 2. The number of aromatic nitrogens is 2. The van der Waals surface area contributed by atoms with Crippen molar-refractivity contribution in [2.75, 3.05) is 31.5 Å². The summed E-state index contributed by atoms with van der Waals surface area (Å²) in [6, 6.07) is 7.89. The first kappa shape index (κ1) is 25.7. The molecule has 4 rings (SSSR count). The summed E-state index contributed by atoms with van der Waals surface area (Å²) in [7, 11) is 0. The number of rotatable bonds is 7. The maximum atomic E-state index is 13.1. The number of amides is 2. The van der Waals surface area contributed by atoms with Crippen LogP contribution in [-0.2, 0) is 17.8 Å². The minimum atomic E-state index is -0.159. The summed E-state index contributed by atoms with van der Waals surface area (Å²) in [6.45, 7) is 12.2. The number of imidazole rings is 1. The molecule has 184 valence electrons. The molecule has 1 unspecified atom stereocenters. The fraction of sp³-hybridized carbons (Fsp3) is 0.519. The number of hydrogen-bond acceptors (Lipinski definition) is 4. The molecule has 0 saturated carbocycles. The molecule has 3 heterocycles. The SMILES string of the molecule is CC.CCc1ccccc1NC(=O)c1cnc2n1C(CC)CN(C(=O)/C=C/CN1CCCC1)C2. The van der Waals surface area contributed by atoms with Crippen molar-refractivity contribution in [3.63, 3.8) is 0 Å². The Morgan fingerprint density at radius 3 is 2.59 bits per heavy atom. The lowest BCUT2D eigenvalue weighted by Crippen LogP contribution is -2.41. The van der Waals surface area contributed by atoms with Gasteiger partial charge in [0.25, 0.3) is 5.91 Å². The van der Waals surface area contributed by atoms with Gasteiger partial charge in [0.15, 0.2) is 0 Å². The Morgan fingerprint density at radius 2 is 1.88 bits per heavy atom. The van der Waals surface area contributed by atoms with Gasteiger partial charge in [0, 0.05) is 24.9 Å². The van der Waals surface area contributed by atoms with E-state index in [-0.39, 0.29) is 17.9 Å². The van der Waals surface area contributed by atoms with Crippen LogP contribution in [0.4, 0.5) is 5.69 Å². The molecule has 2 aliphatic heterocycles. The van der Waals surface area contributed by atoms with E-state index in [0.29, 0.717) is 18.8 Å². The summed E-state index contributed by atoms with van der Waals surface area (Å²) >= 11 is 0. The maximum Gasteiger partial charge on any atom is 0.273 e. The molecule has 2 amide bonds. The summed E-state index contributed by atoms with van der Waals surface area (Å²) < 4.78 is 2.02. The summed E-state index contributed by atoms with van der Waals surface area (Å²) in [5.74, 6) is 0.617. The third-order valence-corrected chi connectivity index (χ3v) is 6.49. The van der Waals surface area contributed by atoms with Crippen LogP contribution >= 0.6 is 0 Å². The van der Waals surface area contributed by atoms with Crippen LogP contribution in [-0.4, -0.2) is 57.3 Å². The number of para-hydroxylation sites is 1. The minimum absolute atomic E-state index is 0.0137. The molecule has 1 saturated heterocycles. The van der Waals surface area contributed by atoms with Crippen LogP contribution in [0.15, 0.2) is 42.6 Å². The highest BCUT2D eigenvalue weighted by atomic mass is 16.2. The highest BCUT2D eigenvalue weighted by Crippen LogP contribution is 2.27. The molecule has 0 radical (unpaired) electrons. The van der Waals surface area contributed by atoms with Crippen molar-refractivity contribution in [2.45, 2.75) is 66.0 Å². The Labute approximate surface area is 203 Å². The second-order valence-electron chi connectivity index (χ2n) is 8.59. The molecule has 0 bridgehead atoms. The Balaban J connectivity index is 0.00000158. The average Bonchev–Trinajstić information content (AvgIpc) is 3.55. The zero-order valence-electron chi connectivity index (χ0n) is 21.1. The van der Waals surface area contributed by atoms with Gasteiger partial charge < -0.3 is 14.8 Å². The lowest BCUT2D eigenvalue weighted by molar-refractivity contribution is -0.128. The molecule has 2 aliphatic rings. The first-order valence-corrected chi connectivity index (χ1v) is 12.7. The van der Waals surface area contributed by atoms with E-state index in [9.17, 15) is 9.59 Å². The zero-order valence-corrected chi connectivity index (χ0v) is 21.1. The minimum Gasteiger partial charge on any atom is -0.330 e. The molecule has 7 nitrogen and oxygen atoms in total. The fourth-order valence-electron chi connectivity index (χ4n) is 4.65. The van der Waals surface area contributed by atoms with Gasteiger partial charge in [-0.1, -0.05) is 52.0 Å². The van der Waals surface area contributed by atoms with Crippen LogP contribution < -0.4 is 5.32 Å². The average molecular weight is 466 g/mol. The fourth-order valence-corrected chi connectivity index (χ4v) is 4.65. The van der Waals surface area contributed by atoms with Crippen molar-refractivity contribution in [1.82, 2.24) is 19.4 Å². The second kappa shape index (κ2) is 12.5. The van der Waals surface area contributed by atoms with Gasteiger partial charge in [-0.3, -0.25) is 14.5 Å². The molecular formula is C27H39N5O2. The first-order valence-electron chi connectivity index (χ1n) is 12.7. The largest absolute Gasteiger partial charge is 0.330 e. The number of carbonyl (C=O) groups excluding carboxylic acids is 2. The van der Waals surface area contributed by atoms with Crippen LogP contribution in [0, 0.1) is 0 Å². The molecule has 2 aromatic rings. The third kappa shape index (κ3) is 5.95. The lowest BCUT2D eigenvalue weighted by Gasteiger charge is -2.34. The van der Waals surface area contributed by atoms with Crippen molar-refractivity contribution in [3.05, 3.63) is 59.7 Å². The molecule has 1 atom stereocenters. The summed E-state index contributed by atoms with van der Waals surface area (Å²) in [5.41, 5.74) is 2.48. The normalized spacial score (nSPS) is 17.9. The quantitative estimate of drug-likeness (QED) is 0.604. The molecule has 0 aliphatic carbocycles. The third-order valence-electron chi connectivity index (χ3n) is 6.49. The molecule has 1 aromatic carbocycles. The van der Waals surface area contributed by atoms with Crippen LogP contribution in [0.25, 0.3) is 0 Å². The first-order chi connectivity index (χ1) is 16.6. The lowest BCUT2D eigenvalue weighted by atomic mass is 10.1. The summed E-state index contributed by atoms with van der Waals surface area (Å²) in [4.78, 5) is 34.6. The van der Waals surface area contributed by atoms with E-state index >= 15 is 0 Å². The number of anilines is 1. The Kier molecular flexibility index (Phi) is 9.45. The van der Waals surface area contributed by atoms with Crippen LogP contribution in [0.5, 0.6) is 0 Å². The van der Waals surface area contributed by atoms with E-state index in [2.05, 4.69) is 29.0 Å². The highest BCUT2D eigenvalue weighted by molar-refractivity contribution is 6.03. The van der Waals surface area contributed by atoms with Crippen molar-refractivity contribution in [1.29, 1.82) is 0 Å². The van der Waals surface area contributed by atoms with Gasteiger partial charge >= 0.3 is 0 Å². The summed E-state index contributed by atoms with van der Waals surface area (Å²) in [6.07, 6.45) is 9.46. The van der Waals surface area contributed by atoms with Gasteiger partial charge in [0.2, 0.25) is 5.91 Å². The van der Waals surface area contributed by atoms with E-state index in [1.54, 1.807) is 12.3 Å². The van der Waals surface area contributed by atoms with Gasteiger partial charge in [-0.05, 0) is 50.4 Å². The Hall–Kier alpha value is -2.93. The van der Waals surface area contributed by atoms with Gasteiger partial charge in [-0.15, -0.1) is 0 Å². The van der Waals surface area contributed by atoms with E-state index in [1.807, 2.05) is 53.7 Å². The molecule has 7 heteroatoms. The Morgan fingerprint density at radius 1 is 1.15 bits per heavy atom. The molecule has 1 fully saturated rings. The van der Waals surface area contributed by atoms with E-state index < -0.39 is 0 Å². The Bertz CT molecular complexity index is 991. The smallest absolute Gasteiger partial charge is 0.273 e. The predicted octanol–water partition coefficient (Wildman–Crippen LogP) is 4.67. The number of aryl methyl sites for hydroxylation is 1. The standard InChI is InChI=1S/C25H33N5O2.C2H6/c1-3-19-10-5-6-11-21(19)27-25(32)22-16-26-23-18-29(17-20(4-2)30(22)23)24(31)12-9-15-28-13-7-8-14-28;1-2/h5-6,9-12,16,20H,3-4,7-8,13-15,17-18H2,1-2H3,(H,27,32);1-2H3/b12-9+;. The highest BCUT2D eigenvalue weighted by Gasteiger charge is 2.31. The molecule has 1 N–H and O–H groups in total. The molecule has 1 aromatic heterocycles. The predicted molar refractivity (Wildman–Crippen MR) is 137 cm³/mol. The summed E-state index contributed by atoms with van der Waals surface area (Å²) in [5, 5.41) is 3.05. The van der Waals surface area contributed by atoms with Crippen LogP contribution in [0.2, 0.25) is 0 Å². The van der Waals surface area contributed by atoms with Gasteiger partial charge in [0.05, 0.1) is 18.8 Å². The second-order valence-corrected chi connectivity index (χ2v) is 8.59. The van der Waals surface area contributed by atoms with E-state index in [0.717, 1.165) is 49.6 Å². The van der Waals surface area contributed by atoms with Crippen molar-refractivity contribution >= 4 is 17.5 Å². The van der Waals surface area contributed by atoms with E-state index in [1.165, 1.54) is 12.8 Å². The van der Waals surface area contributed by atoms with Crippen molar-refractivity contribution in [2.24, 2.45) is 0 Å². The van der Waals surface area contributed by atoms with Crippen LogP contribution in [0.3, 0.4) is 0 Å². The topological polar surface area (TPSA) is 70.5 Å². The van der Waals surface area contributed by atoms with Crippen molar-refractivity contribution in [3.8, 4) is 0 Å². The number of fused-ring (bicyclic) bond motifs is 1.